The molecule has 3 rings (SSSR count). The summed E-state index contributed by atoms with van der Waals surface area (Å²) in [7, 11) is 0. The van der Waals surface area contributed by atoms with Crippen LogP contribution in [0.1, 0.15) is 89.9 Å². The van der Waals surface area contributed by atoms with E-state index in [1.54, 1.807) is 0 Å². The molecule has 3 heteroatoms. The number of allylic oxidation sites excluding steroid dienone is 1. The number of unbranched alkanes of at least 4 members (excludes halogenated alkanes) is 2. The zero-order chi connectivity index (χ0) is 21.0. The van der Waals surface area contributed by atoms with Gasteiger partial charge in [0.2, 0.25) is 0 Å². The lowest BCUT2D eigenvalue weighted by Gasteiger charge is -2.29. The molecule has 0 amide bonds. The number of rotatable bonds is 11. The maximum Gasteiger partial charge on any atom is 0.183 e. The summed E-state index contributed by atoms with van der Waals surface area (Å²) in [4.78, 5) is 0. The first kappa shape index (κ1) is 23.3. The maximum absolute atomic E-state index is 5.96. The molecule has 0 N–H and O–H groups in total. The fourth-order valence-electron chi connectivity index (χ4n) is 4.78. The van der Waals surface area contributed by atoms with Gasteiger partial charge >= 0.3 is 0 Å². The van der Waals surface area contributed by atoms with Crippen molar-refractivity contribution in [1.29, 1.82) is 0 Å². The Kier molecular flexibility index (Phi) is 10.2. The quantitative estimate of drug-likeness (QED) is 0.278. The van der Waals surface area contributed by atoms with E-state index >= 15 is 0 Å². The second-order valence-corrected chi connectivity index (χ2v) is 9.24. The minimum atomic E-state index is -0.232. The average Bonchev–Trinajstić information content (AvgIpc) is 2.79. The zero-order valence-corrected chi connectivity index (χ0v) is 19.2. The van der Waals surface area contributed by atoms with Crippen molar-refractivity contribution in [2.45, 2.75) is 84.3 Å². The van der Waals surface area contributed by atoms with Gasteiger partial charge in [0, 0.05) is 11.5 Å². The summed E-state index contributed by atoms with van der Waals surface area (Å²) in [5.41, 5.74) is 1.08. The molecule has 1 saturated heterocycles. The van der Waals surface area contributed by atoms with E-state index in [-0.39, 0.29) is 6.29 Å². The number of ether oxygens (including phenoxy) is 3. The summed E-state index contributed by atoms with van der Waals surface area (Å²) in [5, 5.41) is 0. The molecule has 30 heavy (non-hydrogen) atoms. The molecule has 0 atom stereocenters. The van der Waals surface area contributed by atoms with Crippen molar-refractivity contribution in [3.05, 3.63) is 42.0 Å². The largest absolute Gasteiger partial charge is 0.490 e. The van der Waals surface area contributed by atoms with Crippen LogP contribution in [-0.2, 0) is 9.47 Å². The van der Waals surface area contributed by atoms with Crippen LogP contribution in [-0.4, -0.2) is 19.8 Å². The number of hydrogen-bond acceptors (Lipinski definition) is 3. The molecule has 3 nitrogen and oxygen atoms in total. The van der Waals surface area contributed by atoms with E-state index in [0.29, 0.717) is 12.5 Å². The zero-order valence-electron chi connectivity index (χ0n) is 19.2. The van der Waals surface area contributed by atoms with Crippen LogP contribution in [0.3, 0.4) is 0 Å². The fraction of sp³-hybridized carbons (Fsp3) is 0.704. The molecule has 0 radical (unpaired) electrons. The van der Waals surface area contributed by atoms with Crippen molar-refractivity contribution < 1.29 is 14.2 Å². The Morgan fingerprint density at radius 3 is 2.27 bits per heavy atom. The van der Waals surface area contributed by atoms with Crippen LogP contribution in [0.25, 0.3) is 0 Å². The van der Waals surface area contributed by atoms with Gasteiger partial charge in [-0.05, 0) is 56.1 Å². The van der Waals surface area contributed by atoms with Gasteiger partial charge in [0.25, 0.3) is 0 Å². The maximum atomic E-state index is 5.96. The molecule has 1 aromatic rings. The van der Waals surface area contributed by atoms with E-state index in [9.17, 15) is 0 Å². The molecule has 0 bridgehead atoms. The summed E-state index contributed by atoms with van der Waals surface area (Å²) in [6, 6.07) is 8.19. The topological polar surface area (TPSA) is 27.7 Å². The first-order valence-electron chi connectivity index (χ1n) is 12.4. The predicted octanol–water partition coefficient (Wildman–Crippen LogP) is 7.47. The summed E-state index contributed by atoms with van der Waals surface area (Å²) >= 11 is 0. The van der Waals surface area contributed by atoms with E-state index < -0.39 is 0 Å². The lowest BCUT2D eigenvalue weighted by molar-refractivity contribution is -0.206. The fourth-order valence-corrected chi connectivity index (χ4v) is 4.78. The number of benzene rings is 1. The normalized spacial score (nSPS) is 27.4. The van der Waals surface area contributed by atoms with Gasteiger partial charge in [-0.1, -0.05) is 70.2 Å². The minimum Gasteiger partial charge on any atom is -0.490 e. The van der Waals surface area contributed by atoms with Crippen LogP contribution in [0, 0.1) is 17.8 Å². The van der Waals surface area contributed by atoms with Crippen LogP contribution in [0.4, 0.5) is 0 Å². The van der Waals surface area contributed by atoms with E-state index in [4.69, 9.17) is 14.2 Å². The monoisotopic (exact) mass is 414 g/mol. The SMILES string of the molecule is CCCCC[C@H]1CO[C@H](c2ccc(OCC=C[C@H]3CC[C@H](CCC)CC3)cc2)OC1. The van der Waals surface area contributed by atoms with Crippen LogP contribution < -0.4 is 4.74 Å². The van der Waals surface area contributed by atoms with Gasteiger partial charge in [0.05, 0.1) is 13.2 Å². The standard InChI is InChI=1S/C27H42O3/c1-3-5-6-9-24-20-29-27(30-21-24)25-15-17-26(18-16-25)28-19-7-10-23-13-11-22(8-4-2)12-14-23/h7,10,15-18,22-24,27H,3-6,8-9,11-14,19-21H2,1-2H3/t22-,23-,24-,27-. The molecule has 1 aromatic carbocycles. The molecule has 1 aliphatic carbocycles. The highest BCUT2D eigenvalue weighted by atomic mass is 16.7. The van der Waals surface area contributed by atoms with Crippen molar-refractivity contribution in [3.63, 3.8) is 0 Å². The molecule has 1 heterocycles. The Morgan fingerprint density at radius 2 is 1.60 bits per heavy atom. The summed E-state index contributed by atoms with van der Waals surface area (Å²) in [6.07, 6.45) is 17.6. The molecule has 0 unspecified atom stereocenters. The van der Waals surface area contributed by atoms with Gasteiger partial charge in [-0.15, -0.1) is 0 Å². The first-order valence-corrected chi connectivity index (χ1v) is 12.4. The molecule has 1 saturated carbocycles. The van der Waals surface area contributed by atoms with Gasteiger partial charge < -0.3 is 14.2 Å². The van der Waals surface area contributed by atoms with Crippen LogP contribution in [0.5, 0.6) is 5.75 Å². The first-order chi connectivity index (χ1) is 14.8. The molecule has 2 aliphatic rings. The number of hydrogen-bond donors (Lipinski definition) is 0. The lowest BCUT2D eigenvalue weighted by Crippen LogP contribution is -2.27. The van der Waals surface area contributed by atoms with Gasteiger partial charge in [-0.3, -0.25) is 0 Å². The Labute approximate surface area is 184 Å². The highest BCUT2D eigenvalue weighted by Gasteiger charge is 2.23. The van der Waals surface area contributed by atoms with E-state index in [1.165, 1.54) is 64.2 Å². The van der Waals surface area contributed by atoms with Crippen LogP contribution in [0.15, 0.2) is 36.4 Å². The molecule has 0 aromatic heterocycles. The lowest BCUT2D eigenvalue weighted by atomic mass is 9.80. The van der Waals surface area contributed by atoms with E-state index in [1.807, 2.05) is 12.1 Å². The van der Waals surface area contributed by atoms with Crippen molar-refractivity contribution >= 4 is 0 Å². The third kappa shape index (κ3) is 7.74. The van der Waals surface area contributed by atoms with Gasteiger partial charge in [-0.25, -0.2) is 0 Å². The van der Waals surface area contributed by atoms with Crippen LogP contribution in [0.2, 0.25) is 0 Å². The second kappa shape index (κ2) is 13.2. The highest BCUT2D eigenvalue weighted by molar-refractivity contribution is 5.28. The average molecular weight is 415 g/mol. The van der Waals surface area contributed by atoms with Gasteiger partial charge in [-0.2, -0.15) is 0 Å². The highest BCUT2D eigenvalue weighted by Crippen LogP contribution is 2.32. The van der Waals surface area contributed by atoms with Crippen molar-refractivity contribution in [2.24, 2.45) is 17.8 Å². The third-order valence-corrected chi connectivity index (χ3v) is 6.68. The molecular formula is C27H42O3. The Morgan fingerprint density at radius 1 is 0.867 bits per heavy atom. The van der Waals surface area contributed by atoms with Gasteiger partial charge in [0.15, 0.2) is 6.29 Å². The summed E-state index contributed by atoms with van der Waals surface area (Å²) in [5.74, 6) is 3.17. The smallest absolute Gasteiger partial charge is 0.183 e. The van der Waals surface area contributed by atoms with Gasteiger partial charge in [0.1, 0.15) is 12.4 Å². The molecule has 2 fully saturated rings. The molecule has 1 aliphatic heterocycles. The van der Waals surface area contributed by atoms with Crippen molar-refractivity contribution in [1.82, 2.24) is 0 Å². The second-order valence-electron chi connectivity index (χ2n) is 9.24. The van der Waals surface area contributed by atoms with E-state index in [0.717, 1.165) is 36.4 Å². The van der Waals surface area contributed by atoms with Crippen molar-refractivity contribution in [2.75, 3.05) is 19.8 Å². The van der Waals surface area contributed by atoms with E-state index in [2.05, 4.69) is 38.1 Å². The van der Waals surface area contributed by atoms with Crippen LogP contribution >= 0.6 is 0 Å². The summed E-state index contributed by atoms with van der Waals surface area (Å²) < 4.78 is 17.8. The Hall–Kier alpha value is -1.32. The molecule has 0 spiro atoms. The summed E-state index contributed by atoms with van der Waals surface area (Å²) in [6.45, 7) is 6.79. The third-order valence-electron chi connectivity index (χ3n) is 6.68. The minimum absolute atomic E-state index is 0.232. The molecule has 168 valence electrons. The Balaban J connectivity index is 1.33. The Bertz CT molecular complexity index is 593. The molecular weight excluding hydrogens is 372 g/mol. The predicted molar refractivity (Wildman–Crippen MR) is 124 cm³/mol. The van der Waals surface area contributed by atoms with Crippen molar-refractivity contribution in [3.8, 4) is 5.75 Å².